The van der Waals surface area contributed by atoms with Crippen LogP contribution < -0.4 is 0 Å². The Balaban J connectivity index is 1.29. The Morgan fingerprint density at radius 2 is 0.878 bits per heavy atom. The van der Waals surface area contributed by atoms with Crippen molar-refractivity contribution in [1.82, 2.24) is 24.1 Å². The Morgan fingerprint density at radius 1 is 0.388 bits per heavy atom. The summed E-state index contributed by atoms with van der Waals surface area (Å²) in [4.78, 5) is 0. The molecular formula is C44H29N5. The van der Waals surface area contributed by atoms with Gasteiger partial charge in [-0.25, -0.2) is 4.68 Å². The lowest BCUT2D eigenvalue weighted by molar-refractivity contribution is 0.809. The first kappa shape index (κ1) is 27.4. The quantitative estimate of drug-likeness (QED) is 0.190. The molecule has 3 aromatic heterocycles. The van der Waals surface area contributed by atoms with E-state index in [-0.39, 0.29) is 0 Å². The molecule has 0 saturated heterocycles. The van der Waals surface area contributed by atoms with Crippen LogP contribution in [0.5, 0.6) is 0 Å². The topological polar surface area (TPSA) is 40.6 Å². The number of rotatable bonds is 5. The predicted molar refractivity (Wildman–Crippen MR) is 201 cm³/mol. The van der Waals surface area contributed by atoms with Crippen LogP contribution in [-0.4, -0.2) is 24.1 Å². The summed E-state index contributed by atoms with van der Waals surface area (Å²) in [6.07, 6.45) is 0. The van der Waals surface area contributed by atoms with Crippen LogP contribution in [0.25, 0.3) is 83.2 Å². The lowest BCUT2D eigenvalue weighted by Gasteiger charge is -2.15. The fourth-order valence-electron chi connectivity index (χ4n) is 7.51. The second kappa shape index (κ2) is 10.9. The lowest BCUT2D eigenvalue weighted by Crippen LogP contribution is -2.02. The molecule has 0 aliphatic carbocycles. The van der Waals surface area contributed by atoms with E-state index in [0.29, 0.717) is 0 Å². The molecule has 10 aromatic rings. The number of hydrogen-bond acceptors (Lipinski definition) is 2. The number of fused-ring (bicyclic) bond motifs is 6. The molecule has 5 heteroatoms. The highest BCUT2D eigenvalue weighted by atomic mass is 15.4. The molecule has 0 fully saturated rings. The monoisotopic (exact) mass is 627 g/mol. The van der Waals surface area contributed by atoms with Crippen molar-refractivity contribution in [3.05, 3.63) is 176 Å². The van der Waals surface area contributed by atoms with Crippen LogP contribution in [0.15, 0.2) is 176 Å². The van der Waals surface area contributed by atoms with Gasteiger partial charge < -0.3 is 9.13 Å². The van der Waals surface area contributed by atoms with Gasteiger partial charge in [-0.2, -0.15) is 0 Å². The smallest absolute Gasteiger partial charge is 0.121 e. The highest BCUT2D eigenvalue weighted by molar-refractivity contribution is 6.14. The molecule has 0 amide bonds. The van der Waals surface area contributed by atoms with Crippen LogP contribution in [0.1, 0.15) is 0 Å². The fourth-order valence-corrected chi connectivity index (χ4v) is 7.51. The standard InChI is InChI=1S/C44H29N5/c1-3-15-30(16-4-1)42-44(49(46-45-42)31-17-5-2-6-18-31)38-25-14-24-37-36-23-9-12-28-41(36)48(43(37)38)33-20-13-19-32(29-33)47-39-26-10-7-21-34(39)35-22-8-11-27-40(35)47/h1-29H. The van der Waals surface area contributed by atoms with E-state index in [1.54, 1.807) is 0 Å². The van der Waals surface area contributed by atoms with Gasteiger partial charge in [-0.05, 0) is 48.5 Å². The number of hydrogen-bond donors (Lipinski definition) is 0. The summed E-state index contributed by atoms with van der Waals surface area (Å²) in [5, 5.41) is 14.4. The first-order valence-corrected chi connectivity index (χ1v) is 16.5. The molecule has 0 aliphatic rings. The largest absolute Gasteiger partial charge is 0.309 e. The highest BCUT2D eigenvalue weighted by Gasteiger charge is 2.24. The van der Waals surface area contributed by atoms with Crippen LogP contribution >= 0.6 is 0 Å². The van der Waals surface area contributed by atoms with E-state index < -0.39 is 0 Å². The van der Waals surface area contributed by atoms with E-state index in [1.807, 2.05) is 28.9 Å². The number of nitrogens with zero attached hydrogens (tertiary/aromatic N) is 5. The summed E-state index contributed by atoms with van der Waals surface area (Å²) in [7, 11) is 0. The summed E-state index contributed by atoms with van der Waals surface area (Å²) in [6.45, 7) is 0. The van der Waals surface area contributed by atoms with Crippen LogP contribution in [0.4, 0.5) is 0 Å². The molecule has 5 nitrogen and oxygen atoms in total. The Morgan fingerprint density at radius 3 is 1.55 bits per heavy atom. The van der Waals surface area contributed by atoms with Gasteiger partial charge in [-0.15, -0.1) is 5.10 Å². The van der Waals surface area contributed by atoms with Crippen LogP contribution in [0.2, 0.25) is 0 Å². The van der Waals surface area contributed by atoms with Crippen molar-refractivity contribution in [1.29, 1.82) is 0 Å². The van der Waals surface area contributed by atoms with Crippen LogP contribution in [0, 0.1) is 0 Å². The molecule has 0 atom stereocenters. The molecule has 0 N–H and O–H groups in total. The van der Waals surface area contributed by atoms with Crippen molar-refractivity contribution in [2.45, 2.75) is 0 Å². The van der Waals surface area contributed by atoms with Gasteiger partial charge in [0.2, 0.25) is 0 Å². The Labute approximate surface area is 282 Å². The van der Waals surface area contributed by atoms with Crippen LogP contribution in [-0.2, 0) is 0 Å². The minimum absolute atomic E-state index is 0.841. The van der Waals surface area contributed by atoms with Crippen molar-refractivity contribution in [2.75, 3.05) is 0 Å². The fraction of sp³-hybridized carbons (Fsp3) is 0. The normalized spacial score (nSPS) is 11.7. The maximum atomic E-state index is 4.81. The molecule has 0 spiro atoms. The second-order valence-electron chi connectivity index (χ2n) is 12.3. The molecule has 10 rings (SSSR count). The number of para-hydroxylation sites is 5. The zero-order valence-electron chi connectivity index (χ0n) is 26.5. The molecule has 0 unspecified atom stereocenters. The Hall–Kier alpha value is -6.72. The molecule has 230 valence electrons. The second-order valence-corrected chi connectivity index (χ2v) is 12.3. The van der Waals surface area contributed by atoms with Gasteiger partial charge in [-0.3, -0.25) is 0 Å². The van der Waals surface area contributed by atoms with Gasteiger partial charge >= 0.3 is 0 Å². The van der Waals surface area contributed by atoms with Crippen molar-refractivity contribution in [3.63, 3.8) is 0 Å². The molecule has 0 radical (unpaired) electrons. The molecule has 0 saturated carbocycles. The van der Waals surface area contributed by atoms with Gasteiger partial charge in [0.25, 0.3) is 0 Å². The third-order valence-corrected chi connectivity index (χ3v) is 9.59. The average Bonchev–Trinajstić information content (AvgIpc) is 3.86. The molecular weight excluding hydrogens is 599 g/mol. The number of benzene rings is 7. The summed E-state index contributed by atoms with van der Waals surface area (Å²) >= 11 is 0. The molecule has 0 aliphatic heterocycles. The summed E-state index contributed by atoms with van der Waals surface area (Å²) in [6, 6.07) is 62.1. The first-order chi connectivity index (χ1) is 24.3. The van der Waals surface area contributed by atoms with Gasteiger partial charge in [0.15, 0.2) is 0 Å². The lowest BCUT2D eigenvalue weighted by atomic mass is 10.0. The molecule has 7 aromatic carbocycles. The van der Waals surface area contributed by atoms with Crippen molar-refractivity contribution in [3.8, 4) is 39.6 Å². The molecule has 49 heavy (non-hydrogen) atoms. The van der Waals surface area contributed by atoms with E-state index >= 15 is 0 Å². The van der Waals surface area contributed by atoms with E-state index in [9.17, 15) is 0 Å². The first-order valence-electron chi connectivity index (χ1n) is 16.5. The minimum atomic E-state index is 0.841. The van der Waals surface area contributed by atoms with Crippen molar-refractivity contribution in [2.24, 2.45) is 0 Å². The summed E-state index contributed by atoms with van der Waals surface area (Å²) < 4.78 is 6.77. The maximum absolute atomic E-state index is 4.81. The highest BCUT2D eigenvalue weighted by Crippen LogP contribution is 2.42. The summed E-state index contributed by atoms with van der Waals surface area (Å²) in [5.74, 6) is 0. The van der Waals surface area contributed by atoms with Crippen LogP contribution in [0.3, 0.4) is 0 Å². The Kier molecular flexibility index (Phi) is 6.11. The Bertz CT molecular complexity index is 2710. The average molecular weight is 628 g/mol. The number of aromatic nitrogens is 5. The third-order valence-electron chi connectivity index (χ3n) is 9.59. The third kappa shape index (κ3) is 4.19. The SMILES string of the molecule is c1ccc(-c2nnn(-c3ccccc3)c2-c2cccc3c4ccccc4n(-c4cccc(-n5c6ccccc6c6ccccc65)c4)c23)cc1. The maximum Gasteiger partial charge on any atom is 0.121 e. The van der Waals surface area contributed by atoms with E-state index in [0.717, 1.165) is 50.6 Å². The van der Waals surface area contributed by atoms with E-state index in [1.165, 1.54) is 32.6 Å². The van der Waals surface area contributed by atoms with Gasteiger partial charge in [0.05, 0.1) is 27.8 Å². The van der Waals surface area contributed by atoms with Crippen molar-refractivity contribution < 1.29 is 0 Å². The van der Waals surface area contributed by atoms with Gasteiger partial charge in [0.1, 0.15) is 11.4 Å². The zero-order chi connectivity index (χ0) is 32.3. The van der Waals surface area contributed by atoms with Gasteiger partial charge in [0, 0.05) is 44.0 Å². The zero-order valence-corrected chi connectivity index (χ0v) is 26.5. The minimum Gasteiger partial charge on any atom is -0.309 e. The van der Waals surface area contributed by atoms with Gasteiger partial charge in [-0.1, -0.05) is 133 Å². The van der Waals surface area contributed by atoms with E-state index in [4.69, 9.17) is 10.3 Å². The molecule has 0 bridgehead atoms. The van der Waals surface area contributed by atoms with E-state index in [2.05, 4.69) is 161 Å². The van der Waals surface area contributed by atoms with Crippen molar-refractivity contribution >= 4 is 43.6 Å². The molecule has 3 heterocycles. The summed E-state index contributed by atoms with van der Waals surface area (Å²) in [5.41, 5.74) is 11.7. The predicted octanol–water partition coefficient (Wildman–Crippen LogP) is 10.8.